The summed E-state index contributed by atoms with van der Waals surface area (Å²) in [6.07, 6.45) is 0.714. The summed E-state index contributed by atoms with van der Waals surface area (Å²) < 4.78 is 33.6. The van der Waals surface area contributed by atoms with E-state index >= 15 is 0 Å². The largest absolute Gasteiger partial charge is 0.491 e. The van der Waals surface area contributed by atoms with Gasteiger partial charge in [-0.05, 0) is 49.6 Å². The molecule has 0 radical (unpaired) electrons. The Hall–Kier alpha value is -1.89. The van der Waals surface area contributed by atoms with Crippen LogP contribution in [0.25, 0.3) is 0 Å². The van der Waals surface area contributed by atoms with Crippen LogP contribution in [0.4, 0.5) is 0 Å². The van der Waals surface area contributed by atoms with Crippen molar-refractivity contribution in [3.05, 3.63) is 59.2 Å². The third-order valence-electron chi connectivity index (χ3n) is 4.48. The molecular weight excluding hydrogens is 543 g/mol. The van der Waals surface area contributed by atoms with Gasteiger partial charge in [-0.3, -0.25) is 0 Å². The predicted octanol–water partition coefficient (Wildman–Crippen LogP) is 2.58. The van der Waals surface area contributed by atoms with Gasteiger partial charge in [0.1, 0.15) is 12.4 Å². The SMILES string of the molecule is CCNC(=NCc1ccc(C)cc1OCCOC)NCCc1ccc(S(N)(=O)=O)cc1.I. The van der Waals surface area contributed by atoms with Crippen molar-refractivity contribution in [3.8, 4) is 5.75 Å². The van der Waals surface area contributed by atoms with Crippen molar-refractivity contribution in [2.45, 2.75) is 31.7 Å². The number of primary sulfonamides is 1. The van der Waals surface area contributed by atoms with Crippen molar-refractivity contribution in [2.75, 3.05) is 33.4 Å². The number of rotatable bonds is 11. The number of benzene rings is 2. The Kier molecular flexibility index (Phi) is 12.6. The molecular formula is C22H33IN4O4S. The Balaban J connectivity index is 0.00000512. The molecule has 0 atom stereocenters. The highest BCUT2D eigenvalue weighted by Crippen LogP contribution is 2.21. The number of hydrogen-bond donors (Lipinski definition) is 3. The number of sulfonamides is 1. The Morgan fingerprint density at radius 2 is 1.81 bits per heavy atom. The number of nitrogens with one attached hydrogen (secondary N) is 2. The maximum Gasteiger partial charge on any atom is 0.238 e. The van der Waals surface area contributed by atoms with Crippen molar-refractivity contribution >= 4 is 40.0 Å². The van der Waals surface area contributed by atoms with Gasteiger partial charge in [0.05, 0.1) is 18.0 Å². The van der Waals surface area contributed by atoms with Gasteiger partial charge in [-0.25, -0.2) is 18.5 Å². The van der Waals surface area contributed by atoms with Gasteiger partial charge in [0.15, 0.2) is 5.96 Å². The summed E-state index contributed by atoms with van der Waals surface area (Å²) in [6, 6.07) is 12.6. The number of hydrogen-bond acceptors (Lipinski definition) is 5. The molecule has 4 N–H and O–H groups in total. The Labute approximate surface area is 208 Å². The number of ether oxygens (including phenoxy) is 2. The smallest absolute Gasteiger partial charge is 0.238 e. The van der Waals surface area contributed by atoms with Crippen LogP contribution in [0.2, 0.25) is 0 Å². The molecule has 0 amide bonds. The molecule has 0 unspecified atom stereocenters. The van der Waals surface area contributed by atoms with E-state index in [4.69, 9.17) is 14.6 Å². The molecule has 2 rings (SSSR count). The molecule has 0 aliphatic rings. The van der Waals surface area contributed by atoms with Crippen LogP contribution in [0, 0.1) is 6.92 Å². The van der Waals surface area contributed by atoms with E-state index in [0.29, 0.717) is 38.7 Å². The van der Waals surface area contributed by atoms with Crippen LogP contribution in [0.5, 0.6) is 5.75 Å². The summed E-state index contributed by atoms with van der Waals surface area (Å²) >= 11 is 0. The van der Waals surface area contributed by atoms with Crippen LogP contribution in [-0.4, -0.2) is 47.8 Å². The lowest BCUT2D eigenvalue weighted by Crippen LogP contribution is -2.38. The molecule has 32 heavy (non-hydrogen) atoms. The molecule has 10 heteroatoms. The molecule has 2 aromatic carbocycles. The van der Waals surface area contributed by atoms with Gasteiger partial charge < -0.3 is 20.1 Å². The number of guanidine groups is 1. The highest BCUT2D eigenvalue weighted by Gasteiger charge is 2.07. The first kappa shape index (κ1) is 28.1. The second-order valence-electron chi connectivity index (χ2n) is 7.01. The van der Waals surface area contributed by atoms with Crippen LogP contribution in [0.3, 0.4) is 0 Å². The van der Waals surface area contributed by atoms with E-state index in [1.54, 1.807) is 19.2 Å². The monoisotopic (exact) mass is 576 g/mol. The average Bonchev–Trinajstić information content (AvgIpc) is 2.73. The maximum absolute atomic E-state index is 11.4. The van der Waals surface area contributed by atoms with E-state index in [2.05, 4.69) is 15.6 Å². The second kappa shape index (κ2) is 14.3. The third kappa shape index (κ3) is 9.72. The zero-order valence-electron chi connectivity index (χ0n) is 18.8. The van der Waals surface area contributed by atoms with Crippen LogP contribution in [0.1, 0.15) is 23.6 Å². The van der Waals surface area contributed by atoms with Crippen molar-refractivity contribution in [1.29, 1.82) is 0 Å². The fourth-order valence-electron chi connectivity index (χ4n) is 2.84. The Morgan fingerprint density at radius 3 is 2.44 bits per heavy atom. The molecule has 178 valence electrons. The molecule has 0 saturated carbocycles. The van der Waals surface area contributed by atoms with Crippen LogP contribution >= 0.6 is 24.0 Å². The summed E-state index contributed by atoms with van der Waals surface area (Å²) in [4.78, 5) is 4.78. The van der Waals surface area contributed by atoms with Crippen molar-refractivity contribution in [2.24, 2.45) is 10.1 Å². The molecule has 0 spiro atoms. The number of aliphatic imine (C=N–C) groups is 1. The lowest BCUT2D eigenvalue weighted by molar-refractivity contribution is 0.145. The quantitative estimate of drug-likeness (QED) is 0.164. The summed E-state index contributed by atoms with van der Waals surface area (Å²) in [7, 11) is -2.02. The maximum atomic E-state index is 11.4. The molecule has 0 aliphatic heterocycles. The van der Waals surface area contributed by atoms with E-state index in [9.17, 15) is 8.42 Å². The third-order valence-corrected chi connectivity index (χ3v) is 5.41. The van der Waals surface area contributed by atoms with E-state index in [0.717, 1.165) is 29.0 Å². The minimum Gasteiger partial charge on any atom is -0.491 e. The van der Waals surface area contributed by atoms with Gasteiger partial charge in [0.25, 0.3) is 0 Å². The molecule has 8 nitrogen and oxygen atoms in total. The molecule has 0 saturated heterocycles. The molecule has 0 bridgehead atoms. The molecule has 2 aromatic rings. The molecule has 0 aromatic heterocycles. The van der Waals surface area contributed by atoms with Gasteiger partial charge in [-0.1, -0.05) is 24.3 Å². The normalized spacial score (nSPS) is 11.6. The summed E-state index contributed by atoms with van der Waals surface area (Å²) in [5.74, 6) is 1.51. The number of halogens is 1. The number of nitrogens with zero attached hydrogens (tertiary/aromatic N) is 1. The first-order chi connectivity index (χ1) is 14.8. The zero-order valence-corrected chi connectivity index (χ0v) is 21.9. The van der Waals surface area contributed by atoms with Crippen LogP contribution < -0.4 is 20.5 Å². The van der Waals surface area contributed by atoms with Crippen molar-refractivity contribution < 1.29 is 17.9 Å². The average molecular weight is 577 g/mol. The van der Waals surface area contributed by atoms with Crippen molar-refractivity contribution in [1.82, 2.24) is 10.6 Å². The standard InChI is InChI=1S/C22H32N4O4S.HI/c1-4-24-22(25-12-11-18-6-9-20(10-7-18)31(23,27)28)26-16-19-8-5-17(2)15-21(19)30-14-13-29-3;/h5-10,15H,4,11-14,16H2,1-3H3,(H2,23,27,28)(H2,24,25,26);1H. The first-order valence-corrected chi connectivity index (χ1v) is 11.7. The molecule has 0 aliphatic carbocycles. The van der Waals surface area contributed by atoms with Gasteiger partial charge in [0, 0.05) is 25.8 Å². The summed E-state index contributed by atoms with van der Waals surface area (Å²) in [5.41, 5.74) is 3.12. The minimum atomic E-state index is -3.67. The molecule has 0 fully saturated rings. The fraction of sp³-hybridized carbons (Fsp3) is 0.409. The van der Waals surface area contributed by atoms with Crippen LogP contribution in [-0.2, 0) is 27.7 Å². The minimum absolute atomic E-state index is 0. The van der Waals surface area contributed by atoms with Crippen molar-refractivity contribution in [3.63, 3.8) is 0 Å². The van der Waals surface area contributed by atoms with Gasteiger partial charge in [0.2, 0.25) is 10.0 Å². The molecule has 0 heterocycles. The van der Waals surface area contributed by atoms with E-state index in [1.165, 1.54) is 12.1 Å². The number of nitrogens with two attached hydrogens (primary N) is 1. The zero-order chi connectivity index (χ0) is 22.7. The van der Waals surface area contributed by atoms with E-state index in [-0.39, 0.29) is 28.9 Å². The lowest BCUT2D eigenvalue weighted by Gasteiger charge is -2.14. The van der Waals surface area contributed by atoms with Crippen LogP contribution in [0.15, 0.2) is 52.4 Å². The number of methoxy groups -OCH3 is 1. The van der Waals surface area contributed by atoms with E-state index in [1.807, 2.05) is 32.0 Å². The Bertz CT molecular complexity index is 966. The predicted molar refractivity (Wildman–Crippen MR) is 138 cm³/mol. The number of aryl methyl sites for hydroxylation is 1. The summed E-state index contributed by atoms with van der Waals surface area (Å²) in [5, 5.41) is 11.7. The topological polar surface area (TPSA) is 115 Å². The highest BCUT2D eigenvalue weighted by atomic mass is 127. The summed E-state index contributed by atoms with van der Waals surface area (Å²) in [6.45, 7) is 6.90. The Morgan fingerprint density at radius 1 is 1.09 bits per heavy atom. The highest BCUT2D eigenvalue weighted by molar-refractivity contribution is 14.0. The first-order valence-electron chi connectivity index (χ1n) is 10.2. The van der Waals surface area contributed by atoms with Gasteiger partial charge in [-0.2, -0.15) is 0 Å². The van der Waals surface area contributed by atoms with Gasteiger partial charge in [-0.15, -0.1) is 24.0 Å². The van der Waals surface area contributed by atoms with Gasteiger partial charge >= 0.3 is 0 Å². The van der Waals surface area contributed by atoms with E-state index < -0.39 is 10.0 Å². The fourth-order valence-corrected chi connectivity index (χ4v) is 3.35. The second-order valence-corrected chi connectivity index (χ2v) is 8.57. The lowest BCUT2D eigenvalue weighted by atomic mass is 10.1.